The maximum absolute atomic E-state index is 13.2. The van der Waals surface area contributed by atoms with E-state index in [1.54, 1.807) is 6.20 Å². The number of halogens is 1. The van der Waals surface area contributed by atoms with Gasteiger partial charge in [0.15, 0.2) is 0 Å². The minimum atomic E-state index is -0.329. The van der Waals surface area contributed by atoms with Gasteiger partial charge in [0.25, 0.3) is 0 Å². The van der Waals surface area contributed by atoms with Gasteiger partial charge in [-0.2, -0.15) is 0 Å². The molecule has 0 aliphatic heterocycles. The number of nitrogens with zero attached hydrogens (tertiary/aromatic N) is 1. The largest absolute Gasteiger partial charge is 0.492 e. The maximum Gasteiger partial charge on any atom is 0.142 e. The third-order valence-electron chi connectivity index (χ3n) is 2.78. The van der Waals surface area contributed by atoms with Crippen LogP contribution in [0.15, 0.2) is 42.7 Å². The molecule has 1 atom stereocenters. The van der Waals surface area contributed by atoms with Crippen molar-refractivity contribution in [3.8, 4) is 5.75 Å². The Labute approximate surface area is 112 Å². The Morgan fingerprint density at radius 2 is 2.11 bits per heavy atom. The molecule has 0 radical (unpaired) electrons. The molecule has 1 unspecified atom stereocenters. The molecule has 0 fully saturated rings. The molecule has 100 valence electrons. The third kappa shape index (κ3) is 3.44. The van der Waals surface area contributed by atoms with Gasteiger partial charge in [0.2, 0.25) is 0 Å². The first-order valence-corrected chi connectivity index (χ1v) is 6.29. The molecule has 0 aliphatic carbocycles. The van der Waals surface area contributed by atoms with Crippen molar-refractivity contribution in [1.82, 2.24) is 4.98 Å². The lowest BCUT2D eigenvalue weighted by Gasteiger charge is -2.18. The zero-order chi connectivity index (χ0) is 13.7. The summed E-state index contributed by atoms with van der Waals surface area (Å²) in [5.74, 6) is 0.463. The topological polar surface area (TPSA) is 34.1 Å². The fraction of sp³-hybridized carbons (Fsp3) is 0.267. The molecule has 0 amide bonds. The second kappa shape index (κ2) is 6.18. The Morgan fingerprint density at radius 3 is 2.84 bits per heavy atom. The zero-order valence-electron chi connectivity index (χ0n) is 11.1. The second-order valence-corrected chi connectivity index (χ2v) is 4.23. The minimum absolute atomic E-state index is 0.0511. The predicted octanol–water partition coefficient (Wildman–Crippen LogP) is 3.79. The molecular weight excluding hydrogens is 243 g/mol. The molecule has 0 aliphatic rings. The van der Waals surface area contributed by atoms with Gasteiger partial charge in [-0.3, -0.25) is 4.98 Å². The van der Waals surface area contributed by atoms with E-state index in [-0.39, 0.29) is 11.9 Å². The quantitative estimate of drug-likeness (QED) is 0.888. The molecule has 1 aromatic carbocycles. The first-order valence-electron chi connectivity index (χ1n) is 6.29. The Hall–Kier alpha value is -2.10. The predicted molar refractivity (Wildman–Crippen MR) is 73.8 cm³/mol. The molecule has 3 nitrogen and oxygen atoms in total. The van der Waals surface area contributed by atoms with E-state index >= 15 is 0 Å². The van der Waals surface area contributed by atoms with Crippen LogP contribution in [0.1, 0.15) is 25.5 Å². The molecule has 2 aromatic rings. The van der Waals surface area contributed by atoms with E-state index in [2.05, 4.69) is 10.3 Å². The van der Waals surface area contributed by atoms with Crippen molar-refractivity contribution in [2.75, 3.05) is 11.9 Å². The number of anilines is 1. The van der Waals surface area contributed by atoms with Gasteiger partial charge < -0.3 is 10.1 Å². The molecule has 1 heterocycles. The fourth-order valence-corrected chi connectivity index (χ4v) is 1.85. The summed E-state index contributed by atoms with van der Waals surface area (Å²) in [5.41, 5.74) is 1.69. The summed E-state index contributed by atoms with van der Waals surface area (Å²) in [6.07, 6.45) is 2.86. The van der Waals surface area contributed by atoms with E-state index in [4.69, 9.17) is 4.74 Å². The Bertz CT molecular complexity index is 545. The molecule has 0 bridgehead atoms. The zero-order valence-corrected chi connectivity index (χ0v) is 11.1. The van der Waals surface area contributed by atoms with Crippen LogP contribution in [-0.2, 0) is 0 Å². The standard InChI is InChI=1S/C15H17FN2O/c1-3-19-15-7-5-4-6-14(15)18-11(2)12-8-13(16)10-17-9-12/h4-11,18H,3H2,1-2H3. The van der Waals surface area contributed by atoms with Gasteiger partial charge in [-0.1, -0.05) is 12.1 Å². The highest BCUT2D eigenvalue weighted by atomic mass is 19.1. The van der Waals surface area contributed by atoms with Gasteiger partial charge in [-0.25, -0.2) is 4.39 Å². The number of nitrogens with one attached hydrogen (secondary N) is 1. The van der Waals surface area contributed by atoms with Crippen LogP contribution in [0.25, 0.3) is 0 Å². The molecule has 19 heavy (non-hydrogen) atoms. The highest BCUT2D eigenvalue weighted by Crippen LogP contribution is 2.27. The van der Waals surface area contributed by atoms with Crippen molar-refractivity contribution in [3.05, 3.63) is 54.1 Å². The van der Waals surface area contributed by atoms with E-state index in [1.807, 2.05) is 38.1 Å². The monoisotopic (exact) mass is 260 g/mol. The summed E-state index contributed by atoms with van der Waals surface area (Å²) in [5, 5.41) is 3.31. The smallest absolute Gasteiger partial charge is 0.142 e. The van der Waals surface area contributed by atoms with Crippen LogP contribution in [0.3, 0.4) is 0 Å². The first kappa shape index (κ1) is 13.3. The number of rotatable bonds is 5. The van der Waals surface area contributed by atoms with Gasteiger partial charge in [0.1, 0.15) is 11.6 Å². The maximum atomic E-state index is 13.2. The summed E-state index contributed by atoms with van der Waals surface area (Å²) >= 11 is 0. The number of pyridine rings is 1. The summed E-state index contributed by atoms with van der Waals surface area (Å²) in [4.78, 5) is 3.86. The lowest BCUT2D eigenvalue weighted by atomic mass is 10.1. The Balaban J connectivity index is 2.16. The summed E-state index contributed by atoms with van der Waals surface area (Å²) in [6, 6.07) is 9.13. The van der Waals surface area contributed by atoms with E-state index in [0.29, 0.717) is 6.61 Å². The lowest BCUT2D eigenvalue weighted by Crippen LogP contribution is -2.08. The van der Waals surface area contributed by atoms with Crippen LogP contribution in [0, 0.1) is 5.82 Å². The van der Waals surface area contributed by atoms with Crippen LogP contribution in [-0.4, -0.2) is 11.6 Å². The van der Waals surface area contributed by atoms with Crippen molar-refractivity contribution >= 4 is 5.69 Å². The van der Waals surface area contributed by atoms with E-state index in [0.717, 1.165) is 17.0 Å². The Kier molecular flexibility index (Phi) is 4.34. The minimum Gasteiger partial charge on any atom is -0.492 e. The summed E-state index contributed by atoms with van der Waals surface area (Å²) in [6.45, 7) is 4.50. The molecule has 0 saturated carbocycles. The molecule has 2 rings (SSSR count). The number of hydrogen-bond donors (Lipinski definition) is 1. The average Bonchev–Trinajstić information content (AvgIpc) is 2.41. The molecular formula is C15H17FN2O. The molecule has 1 N–H and O–H groups in total. The second-order valence-electron chi connectivity index (χ2n) is 4.23. The number of benzene rings is 1. The van der Waals surface area contributed by atoms with Crippen LogP contribution >= 0.6 is 0 Å². The molecule has 4 heteroatoms. The SMILES string of the molecule is CCOc1ccccc1NC(C)c1cncc(F)c1. The third-order valence-corrected chi connectivity index (χ3v) is 2.78. The number of ether oxygens (including phenoxy) is 1. The van der Waals surface area contributed by atoms with Gasteiger partial charge in [-0.15, -0.1) is 0 Å². The van der Waals surface area contributed by atoms with Crippen LogP contribution in [0.2, 0.25) is 0 Å². The van der Waals surface area contributed by atoms with Crippen LogP contribution in [0.5, 0.6) is 5.75 Å². The van der Waals surface area contributed by atoms with E-state index in [1.165, 1.54) is 12.3 Å². The number of hydrogen-bond acceptors (Lipinski definition) is 3. The molecule has 1 aromatic heterocycles. The van der Waals surface area contributed by atoms with Crippen molar-refractivity contribution in [3.63, 3.8) is 0 Å². The first-order chi connectivity index (χ1) is 9.20. The number of aromatic nitrogens is 1. The van der Waals surface area contributed by atoms with Gasteiger partial charge >= 0.3 is 0 Å². The normalized spacial score (nSPS) is 11.9. The highest BCUT2D eigenvalue weighted by Gasteiger charge is 2.09. The van der Waals surface area contributed by atoms with Crippen molar-refractivity contribution in [1.29, 1.82) is 0 Å². The van der Waals surface area contributed by atoms with Crippen molar-refractivity contribution in [2.24, 2.45) is 0 Å². The highest BCUT2D eigenvalue weighted by molar-refractivity contribution is 5.57. The van der Waals surface area contributed by atoms with E-state index in [9.17, 15) is 4.39 Å². The van der Waals surface area contributed by atoms with Gasteiger partial charge in [-0.05, 0) is 37.6 Å². The van der Waals surface area contributed by atoms with Crippen LogP contribution in [0.4, 0.5) is 10.1 Å². The Morgan fingerprint density at radius 1 is 1.32 bits per heavy atom. The number of para-hydroxylation sites is 2. The molecule has 0 spiro atoms. The van der Waals surface area contributed by atoms with Gasteiger partial charge in [0.05, 0.1) is 24.5 Å². The van der Waals surface area contributed by atoms with Gasteiger partial charge in [0, 0.05) is 6.20 Å². The van der Waals surface area contributed by atoms with Crippen molar-refractivity contribution in [2.45, 2.75) is 19.9 Å². The summed E-state index contributed by atoms with van der Waals surface area (Å²) < 4.78 is 18.7. The average molecular weight is 260 g/mol. The van der Waals surface area contributed by atoms with Crippen molar-refractivity contribution < 1.29 is 9.13 Å². The van der Waals surface area contributed by atoms with Crippen LogP contribution < -0.4 is 10.1 Å². The lowest BCUT2D eigenvalue weighted by molar-refractivity contribution is 0.341. The summed E-state index contributed by atoms with van der Waals surface area (Å²) in [7, 11) is 0. The molecule has 0 saturated heterocycles. The fourth-order valence-electron chi connectivity index (χ4n) is 1.85. The van der Waals surface area contributed by atoms with E-state index < -0.39 is 0 Å².